The van der Waals surface area contributed by atoms with Crippen LogP contribution in [0.3, 0.4) is 0 Å². The van der Waals surface area contributed by atoms with Gasteiger partial charge in [-0.2, -0.15) is 0 Å². The van der Waals surface area contributed by atoms with Crippen LogP contribution >= 0.6 is 11.3 Å². The van der Waals surface area contributed by atoms with Crippen molar-refractivity contribution < 1.29 is 17.9 Å². The number of carbonyl (C=O) groups excluding carboxylic acids is 1. The van der Waals surface area contributed by atoms with Gasteiger partial charge in [0, 0.05) is 10.6 Å². The molecule has 0 aliphatic rings. The Labute approximate surface area is 174 Å². The van der Waals surface area contributed by atoms with Gasteiger partial charge in [-0.25, -0.2) is 8.42 Å². The first kappa shape index (κ1) is 20.9. The Balaban J connectivity index is 1.57. The van der Waals surface area contributed by atoms with E-state index in [2.05, 4.69) is 10.0 Å². The molecule has 1 aromatic heterocycles. The second kappa shape index (κ2) is 9.58. The van der Waals surface area contributed by atoms with Gasteiger partial charge >= 0.3 is 0 Å². The zero-order chi connectivity index (χ0) is 20.7. The van der Waals surface area contributed by atoms with Crippen LogP contribution in [-0.4, -0.2) is 20.9 Å². The molecule has 0 aliphatic heterocycles. The minimum absolute atomic E-state index is 0.0823. The minimum Gasteiger partial charge on any atom is -0.494 e. The number of hydrogen-bond donors (Lipinski definition) is 2. The average Bonchev–Trinajstić information content (AvgIpc) is 3.22. The zero-order valence-corrected chi connectivity index (χ0v) is 17.6. The van der Waals surface area contributed by atoms with E-state index in [1.807, 2.05) is 24.4 Å². The van der Waals surface area contributed by atoms with Crippen molar-refractivity contribution >= 4 is 33.0 Å². The summed E-state index contributed by atoms with van der Waals surface area (Å²) >= 11 is 1.59. The number of thiophene rings is 1. The van der Waals surface area contributed by atoms with Crippen LogP contribution in [0.2, 0.25) is 0 Å². The highest BCUT2D eigenvalue weighted by Gasteiger charge is 2.14. The summed E-state index contributed by atoms with van der Waals surface area (Å²) in [5, 5.41) is 4.84. The zero-order valence-electron chi connectivity index (χ0n) is 15.9. The molecule has 1 amide bonds. The molecule has 0 spiro atoms. The van der Waals surface area contributed by atoms with Crippen LogP contribution in [0.15, 0.2) is 70.9 Å². The highest BCUT2D eigenvalue weighted by Crippen LogP contribution is 2.20. The molecule has 0 aliphatic carbocycles. The summed E-state index contributed by atoms with van der Waals surface area (Å²) in [6, 6.07) is 16.9. The maximum absolute atomic E-state index is 12.5. The Morgan fingerprint density at radius 2 is 1.76 bits per heavy atom. The largest absolute Gasteiger partial charge is 0.494 e. The second-order valence-electron chi connectivity index (χ2n) is 6.24. The molecule has 0 fully saturated rings. The first-order valence-corrected chi connectivity index (χ1v) is 11.5. The summed E-state index contributed by atoms with van der Waals surface area (Å²) in [4.78, 5) is 13.3. The Morgan fingerprint density at radius 3 is 2.38 bits per heavy atom. The van der Waals surface area contributed by atoms with Crippen LogP contribution in [0.1, 0.15) is 17.4 Å². The molecule has 2 N–H and O–H groups in total. The summed E-state index contributed by atoms with van der Waals surface area (Å²) < 4.78 is 32.9. The molecule has 3 rings (SSSR count). The first-order chi connectivity index (χ1) is 14.0. The van der Waals surface area contributed by atoms with Gasteiger partial charge in [0.05, 0.1) is 24.5 Å². The smallest absolute Gasteiger partial charge is 0.261 e. The summed E-state index contributed by atoms with van der Waals surface area (Å²) in [5.74, 6) is 0.536. The van der Waals surface area contributed by atoms with Crippen molar-refractivity contribution in [3.63, 3.8) is 0 Å². The lowest BCUT2D eigenvalue weighted by Gasteiger charge is -2.10. The van der Waals surface area contributed by atoms with Gasteiger partial charge in [-0.1, -0.05) is 18.2 Å². The van der Waals surface area contributed by atoms with E-state index < -0.39 is 10.0 Å². The Kier molecular flexibility index (Phi) is 6.90. The molecule has 0 unspecified atom stereocenters. The second-order valence-corrected chi connectivity index (χ2v) is 8.95. The fourth-order valence-corrected chi connectivity index (χ4v) is 4.34. The number of ether oxygens (including phenoxy) is 1. The van der Waals surface area contributed by atoms with E-state index in [4.69, 9.17) is 4.74 Å². The van der Waals surface area contributed by atoms with Gasteiger partial charge in [0.2, 0.25) is 5.91 Å². The average molecular weight is 431 g/mol. The predicted octanol–water partition coefficient (Wildman–Crippen LogP) is 3.81. The summed E-state index contributed by atoms with van der Waals surface area (Å²) in [7, 11) is -3.70. The number of anilines is 1. The van der Waals surface area contributed by atoms with Gasteiger partial charge in [-0.15, -0.1) is 11.3 Å². The summed E-state index contributed by atoms with van der Waals surface area (Å²) in [6.45, 7) is 2.89. The number of benzene rings is 2. The normalized spacial score (nSPS) is 11.1. The number of hydrogen-bond acceptors (Lipinski definition) is 5. The van der Waals surface area contributed by atoms with Crippen LogP contribution in [0, 0.1) is 0 Å². The van der Waals surface area contributed by atoms with Gasteiger partial charge in [0.25, 0.3) is 10.0 Å². The van der Waals surface area contributed by atoms with Crippen molar-refractivity contribution in [1.82, 2.24) is 5.32 Å². The Bertz CT molecular complexity index is 1030. The SMILES string of the molecule is CCOc1ccc(S(=O)(=O)Nc2ccc(CC(=O)NCc3cccs3)cc2)cc1. The molecule has 8 heteroatoms. The fraction of sp³-hybridized carbons (Fsp3) is 0.190. The van der Waals surface area contributed by atoms with Crippen molar-refractivity contribution in [3.8, 4) is 5.75 Å². The highest BCUT2D eigenvalue weighted by molar-refractivity contribution is 7.92. The molecule has 0 radical (unpaired) electrons. The lowest BCUT2D eigenvalue weighted by molar-refractivity contribution is -0.120. The van der Waals surface area contributed by atoms with Crippen LogP contribution in [0.25, 0.3) is 0 Å². The summed E-state index contributed by atoms with van der Waals surface area (Å²) in [6.07, 6.45) is 0.233. The van der Waals surface area contributed by atoms with Gasteiger partial charge in [0.15, 0.2) is 0 Å². The summed E-state index contributed by atoms with van der Waals surface area (Å²) in [5.41, 5.74) is 1.24. The molecule has 0 atom stereocenters. The molecular formula is C21H22N2O4S2. The van der Waals surface area contributed by atoms with Crippen molar-refractivity contribution in [2.75, 3.05) is 11.3 Å². The lowest BCUT2D eigenvalue weighted by Crippen LogP contribution is -2.24. The van der Waals surface area contributed by atoms with E-state index in [1.165, 1.54) is 12.1 Å². The third-order valence-electron chi connectivity index (χ3n) is 4.06. The van der Waals surface area contributed by atoms with Crippen molar-refractivity contribution in [1.29, 1.82) is 0 Å². The molecule has 1 heterocycles. The lowest BCUT2D eigenvalue weighted by atomic mass is 10.1. The molecule has 0 saturated heterocycles. The van der Waals surface area contributed by atoms with E-state index in [0.29, 0.717) is 24.6 Å². The Hall–Kier alpha value is -2.84. The van der Waals surface area contributed by atoms with E-state index in [1.54, 1.807) is 47.7 Å². The van der Waals surface area contributed by atoms with E-state index >= 15 is 0 Å². The topological polar surface area (TPSA) is 84.5 Å². The number of rotatable bonds is 9. The van der Waals surface area contributed by atoms with Crippen molar-refractivity contribution in [2.24, 2.45) is 0 Å². The third-order valence-corrected chi connectivity index (χ3v) is 6.33. The molecule has 0 bridgehead atoms. The molecular weight excluding hydrogens is 408 g/mol. The molecule has 152 valence electrons. The van der Waals surface area contributed by atoms with Crippen LogP contribution in [-0.2, 0) is 27.8 Å². The van der Waals surface area contributed by atoms with Gasteiger partial charge < -0.3 is 10.1 Å². The molecule has 3 aromatic rings. The Morgan fingerprint density at radius 1 is 1.03 bits per heavy atom. The van der Waals surface area contributed by atoms with E-state index in [-0.39, 0.29) is 17.2 Å². The molecule has 6 nitrogen and oxygen atoms in total. The number of nitrogens with one attached hydrogen (secondary N) is 2. The van der Waals surface area contributed by atoms with Gasteiger partial charge in [-0.3, -0.25) is 9.52 Å². The quantitative estimate of drug-likeness (QED) is 0.541. The minimum atomic E-state index is -3.70. The van der Waals surface area contributed by atoms with Crippen LogP contribution < -0.4 is 14.8 Å². The number of carbonyl (C=O) groups is 1. The first-order valence-electron chi connectivity index (χ1n) is 9.10. The predicted molar refractivity (Wildman–Crippen MR) is 115 cm³/mol. The van der Waals surface area contributed by atoms with Gasteiger partial charge in [-0.05, 0) is 60.3 Å². The van der Waals surface area contributed by atoms with Gasteiger partial charge in [0.1, 0.15) is 5.75 Å². The molecule has 29 heavy (non-hydrogen) atoms. The highest BCUT2D eigenvalue weighted by atomic mass is 32.2. The fourth-order valence-electron chi connectivity index (χ4n) is 2.63. The number of sulfonamides is 1. The number of amides is 1. The standard InChI is InChI=1S/C21H22N2O4S2/c1-2-27-18-9-11-20(12-10-18)29(25,26)23-17-7-5-16(6-8-17)14-21(24)22-15-19-4-3-13-28-19/h3-13,23H,2,14-15H2,1H3,(H,22,24). The maximum Gasteiger partial charge on any atom is 0.261 e. The van der Waals surface area contributed by atoms with Crippen molar-refractivity contribution in [3.05, 3.63) is 76.5 Å². The molecule has 0 saturated carbocycles. The third kappa shape index (κ3) is 6.07. The van der Waals surface area contributed by atoms with Crippen LogP contribution in [0.4, 0.5) is 5.69 Å². The van der Waals surface area contributed by atoms with E-state index in [0.717, 1.165) is 10.4 Å². The van der Waals surface area contributed by atoms with Crippen molar-refractivity contribution in [2.45, 2.75) is 24.8 Å². The van der Waals surface area contributed by atoms with Crippen LogP contribution in [0.5, 0.6) is 5.75 Å². The molecule has 2 aromatic carbocycles. The van der Waals surface area contributed by atoms with E-state index in [9.17, 15) is 13.2 Å². The monoisotopic (exact) mass is 430 g/mol. The maximum atomic E-state index is 12.5.